The quantitative estimate of drug-likeness (QED) is 0.313. The van der Waals surface area contributed by atoms with Gasteiger partial charge >= 0.3 is 23.9 Å². The lowest BCUT2D eigenvalue weighted by Crippen LogP contribution is -2.07. The fourth-order valence-corrected chi connectivity index (χ4v) is 0.487. The Morgan fingerprint density at radius 2 is 1.42 bits per heavy atom. The topological polar surface area (TPSA) is 127 Å². The molecular weight excluding hydrogens is 260 g/mol. The molecule has 0 rings (SSSR count). The second-order valence-electron chi connectivity index (χ2n) is 2.84. The lowest BCUT2D eigenvalue weighted by Gasteiger charge is -1.96. The Hall–Kier alpha value is -2.64. The van der Waals surface area contributed by atoms with Crippen LogP contribution in [-0.2, 0) is 29.0 Å². The van der Waals surface area contributed by atoms with Gasteiger partial charge in [0.15, 0.2) is 0 Å². The third-order valence-corrected chi connectivity index (χ3v) is 1.25. The highest BCUT2D eigenvalue weighted by Gasteiger charge is 2.03. The van der Waals surface area contributed by atoms with Crippen LogP contribution in [0.3, 0.4) is 0 Å². The van der Waals surface area contributed by atoms with E-state index >= 15 is 0 Å². The molecule has 0 unspecified atom stereocenters. The fraction of sp³-hybridized carbons (Fsp3) is 0.273. The van der Waals surface area contributed by atoms with Gasteiger partial charge in [0.2, 0.25) is 0 Å². The molecule has 0 saturated carbocycles. The molecule has 0 spiro atoms. The van der Waals surface area contributed by atoms with Gasteiger partial charge in [-0.15, -0.1) is 6.58 Å². The van der Waals surface area contributed by atoms with Crippen molar-refractivity contribution in [3.63, 3.8) is 0 Å². The number of carbonyl (C=O) groups excluding carboxylic acids is 2. The Morgan fingerprint density at radius 3 is 1.74 bits per heavy atom. The summed E-state index contributed by atoms with van der Waals surface area (Å²) in [7, 11) is 0. The fourth-order valence-electron chi connectivity index (χ4n) is 0.487. The molecule has 0 saturated heterocycles. The molecule has 0 bridgehead atoms. The third-order valence-electron chi connectivity index (χ3n) is 1.25. The van der Waals surface area contributed by atoms with Crippen LogP contribution in [0.1, 0.15) is 19.3 Å². The zero-order chi connectivity index (χ0) is 15.3. The predicted octanol–water partition coefficient (Wildman–Crippen LogP) is 0.686. The minimum absolute atomic E-state index is 0.00439. The van der Waals surface area contributed by atoms with E-state index in [2.05, 4.69) is 22.9 Å². The molecule has 8 heteroatoms. The zero-order valence-electron chi connectivity index (χ0n) is 10.0. The number of carboxylic acid groups (broad SMARTS) is 2. The van der Waals surface area contributed by atoms with E-state index in [-0.39, 0.29) is 19.3 Å². The van der Waals surface area contributed by atoms with Gasteiger partial charge in [0.05, 0.1) is 19.3 Å². The maximum absolute atomic E-state index is 10.5. The van der Waals surface area contributed by atoms with Crippen LogP contribution in [0.15, 0.2) is 25.3 Å². The summed E-state index contributed by atoms with van der Waals surface area (Å²) >= 11 is 0. The van der Waals surface area contributed by atoms with Gasteiger partial charge in [0.1, 0.15) is 0 Å². The molecular formula is C11H14O8. The monoisotopic (exact) mass is 274 g/mol. The van der Waals surface area contributed by atoms with E-state index in [1.807, 2.05) is 0 Å². The van der Waals surface area contributed by atoms with Crippen LogP contribution in [0.5, 0.6) is 0 Å². The van der Waals surface area contributed by atoms with Gasteiger partial charge in [-0.25, -0.2) is 19.4 Å². The molecule has 0 heterocycles. The molecule has 0 radical (unpaired) electrons. The number of rotatable bonds is 6. The van der Waals surface area contributed by atoms with E-state index in [1.165, 1.54) is 6.08 Å². The Kier molecular flexibility index (Phi) is 11.7. The highest BCUT2D eigenvalue weighted by molar-refractivity contribution is 5.81. The molecule has 0 aromatic carbocycles. The standard InChI is InChI=1S/C7H8O4.C4H6O4/c1-3-5-7(9)11-10-6(8)4-2;5-3(6)1-2-4(7)8/h3-4H,1-2,5H2;1-2H2,(H,5,6)(H,7,8). The van der Waals surface area contributed by atoms with Crippen molar-refractivity contribution in [3.05, 3.63) is 25.3 Å². The number of hydrogen-bond donors (Lipinski definition) is 2. The molecule has 0 aliphatic heterocycles. The van der Waals surface area contributed by atoms with Gasteiger partial charge < -0.3 is 10.2 Å². The highest BCUT2D eigenvalue weighted by atomic mass is 17.2. The lowest BCUT2D eigenvalue weighted by atomic mass is 10.3. The van der Waals surface area contributed by atoms with Crippen molar-refractivity contribution >= 4 is 23.9 Å². The van der Waals surface area contributed by atoms with Crippen molar-refractivity contribution in [3.8, 4) is 0 Å². The normalized spacial score (nSPS) is 8.21. The van der Waals surface area contributed by atoms with Crippen molar-refractivity contribution in [1.29, 1.82) is 0 Å². The van der Waals surface area contributed by atoms with E-state index in [9.17, 15) is 19.2 Å². The van der Waals surface area contributed by atoms with Crippen LogP contribution in [0.25, 0.3) is 0 Å². The summed E-state index contributed by atoms with van der Waals surface area (Å²) in [6.45, 7) is 6.38. The van der Waals surface area contributed by atoms with Gasteiger partial charge in [0.25, 0.3) is 0 Å². The molecule has 0 fully saturated rings. The Bertz CT molecular complexity index is 344. The van der Waals surface area contributed by atoms with Gasteiger partial charge in [-0.05, 0) is 0 Å². The van der Waals surface area contributed by atoms with Crippen molar-refractivity contribution in [2.45, 2.75) is 19.3 Å². The molecule has 8 nitrogen and oxygen atoms in total. The first-order chi connectivity index (χ1) is 8.83. The summed E-state index contributed by atoms with van der Waals surface area (Å²) in [5.41, 5.74) is 0. The van der Waals surface area contributed by atoms with E-state index in [0.29, 0.717) is 0 Å². The number of aliphatic carboxylic acids is 2. The van der Waals surface area contributed by atoms with Crippen molar-refractivity contribution in [2.24, 2.45) is 0 Å². The second-order valence-corrected chi connectivity index (χ2v) is 2.84. The Morgan fingerprint density at radius 1 is 0.947 bits per heavy atom. The molecule has 0 amide bonds. The second kappa shape index (κ2) is 11.8. The molecule has 0 aliphatic rings. The van der Waals surface area contributed by atoms with Crippen LogP contribution in [-0.4, -0.2) is 34.1 Å². The van der Waals surface area contributed by atoms with Gasteiger partial charge in [-0.1, -0.05) is 12.7 Å². The van der Waals surface area contributed by atoms with Crippen molar-refractivity contribution in [2.75, 3.05) is 0 Å². The largest absolute Gasteiger partial charge is 0.481 e. The molecule has 0 aromatic heterocycles. The van der Waals surface area contributed by atoms with E-state index in [4.69, 9.17) is 10.2 Å². The maximum atomic E-state index is 10.5. The SMILES string of the molecule is C=CCC(=O)OOC(=O)C=C.O=C(O)CCC(=O)O. The van der Waals surface area contributed by atoms with Crippen LogP contribution in [0.2, 0.25) is 0 Å². The smallest absolute Gasteiger partial charge is 0.378 e. The minimum atomic E-state index is -1.08. The van der Waals surface area contributed by atoms with E-state index in [1.54, 1.807) is 0 Å². The van der Waals surface area contributed by atoms with Gasteiger partial charge in [-0.2, -0.15) is 0 Å². The highest BCUT2D eigenvalue weighted by Crippen LogP contribution is 1.89. The third kappa shape index (κ3) is 17.9. The molecule has 0 atom stereocenters. The lowest BCUT2D eigenvalue weighted by molar-refractivity contribution is -0.254. The molecule has 0 aliphatic carbocycles. The maximum Gasteiger partial charge on any atom is 0.378 e. The molecule has 0 aromatic rings. The first-order valence-corrected chi connectivity index (χ1v) is 4.91. The summed E-state index contributed by atoms with van der Waals surface area (Å²) < 4.78 is 0. The minimum Gasteiger partial charge on any atom is -0.481 e. The van der Waals surface area contributed by atoms with Crippen molar-refractivity contribution < 1.29 is 39.2 Å². The summed E-state index contributed by atoms with van der Waals surface area (Å²) in [5, 5.41) is 15.8. The first kappa shape index (κ1) is 18.7. The summed E-state index contributed by atoms with van der Waals surface area (Å²) in [6.07, 6.45) is 1.64. The van der Waals surface area contributed by atoms with Crippen LogP contribution in [0, 0.1) is 0 Å². The first-order valence-electron chi connectivity index (χ1n) is 4.91. The molecule has 106 valence electrons. The summed E-state index contributed by atoms with van der Waals surface area (Å²) in [6, 6.07) is 0. The number of carboxylic acids is 2. The van der Waals surface area contributed by atoms with Crippen molar-refractivity contribution in [1.82, 2.24) is 0 Å². The average molecular weight is 274 g/mol. The Labute approximate surface area is 108 Å². The zero-order valence-corrected chi connectivity index (χ0v) is 10.0. The molecule has 19 heavy (non-hydrogen) atoms. The summed E-state index contributed by atoms with van der Waals surface area (Å²) in [5.74, 6) is -3.63. The average Bonchev–Trinajstić information content (AvgIpc) is 2.34. The van der Waals surface area contributed by atoms with Gasteiger partial charge in [0, 0.05) is 6.08 Å². The molecule has 2 N–H and O–H groups in total. The van der Waals surface area contributed by atoms with Crippen LogP contribution >= 0.6 is 0 Å². The number of carbonyl (C=O) groups is 4. The van der Waals surface area contributed by atoms with E-state index < -0.39 is 23.9 Å². The van der Waals surface area contributed by atoms with Gasteiger partial charge in [-0.3, -0.25) is 9.59 Å². The predicted molar refractivity (Wildman–Crippen MR) is 61.7 cm³/mol. The van der Waals surface area contributed by atoms with Crippen LogP contribution in [0.4, 0.5) is 0 Å². The summed E-state index contributed by atoms with van der Waals surface area (Å²) in [4.78, 5) is 48.0. The van der Waals surface area contributed by atoms with E-state index in [0.717, 1.165) is 6.08 Å². The number of hydrogen-bond acceptors (Lipinski definition) is 6. The Balaban J connectivity index is 0. The van der Waals surface area contributed by atoms with Crippen LogP contribution < -0.4 is 0 Å².